The fourth-order valence-electron chi connectivity index (χ4n) is 9.69. The molecule has 0 amide bonds. The highest BCUT2D eigenvalue weighted by Crippen LogP contribution is 2.50. The standard InChI is InChI=1S/C52H36N2O/c1-3-13-33(14-4-1)34-23-27-38(28-24-34)54-46-30-26-35-15-7-8-18-39(35)49(46)50-51(54)43(32-44-42-20-10-12-22-48(42)55-52(44)50)36-25-29-41-40-19-9-11-21-45(40)53(47(41)31-36)37-16-5-2-6-17-37/h1-7,9-17,19-25,27-29,31-32H,8,18,26,30H2. The predicted octanol–water partition coefficient (Wildman–Crippen LogP) is 14.0. The van der Waals surface area contributed by atoms with Crippen molar-refractivity contribution >= 4 is 60.2 Å². The molecule has 2 aliphatic rings. The lowest BCUT2D eigenvalue weighted by atomic mass is 9.82. The Morgan fingerprint density at radius 1 is 0.491 bits per heavy atom. The minimum Gasteiger partial charge on any atom is -0.455 e. The van der Waals surface area contributed by atoms with E-state index in [1.807, 2.05) is 0 Å². The largest absolute Gasteiger partial charge is 0.455 e. The maximum atomic E-state index is 6.96. The van der Waals surface area contributed by atoms with Crippen LogP contribution in [0.25, 0.3) is 93.8 Å². The van der Waals surface area contributed by atoms with Gasteiger partial charge in [0.2, 0.25) is 0 Å². The Labute approximate surface area is 318 Å². The van der Waals surface area contributed by atoms with Crippen molar-refractivity contribution in [3.8, 4) is 33.6 Å². The van der Waals surface area contributed by atoms with Crippen LogP contribution in [0.15, 0.2) is 180 Å². The van der Waals surface area contributed by atoms with Crippen molar-refractivity contribution in [3.05, 3.63) is 187 Å². The summed E-state index contributed by atoms with van der Waals surface area (Å²) >= 11 is 0. The van der Waals surface area contributed by atoms with Crippen molar-refractivity contribution in [2.45, 2.75) is 25.7 Å². The summed E-state index contributed by atoms with van der Waals surface area (Å²) < 4.78 is 12.0. The van der Waals surface area contributed by atoms with Gasteiger partial charge >= 0.3 is 0 Å². The number of benzene rings is 7. The Bertz CT molecular complexity index is 3220. The van der Waals surface area contributed by atoms with Gasteiger partial charge in [0, 0.05) is 49.7 Å². The Morgan fingerprint density at radius 2 is 1.18 bits per heavy atom. The van der Waals surface area contributed by atoms with Crippen LogP contribution in [-0.2, 0) is 6.42 Å². The second-order valence-corrected chi connectivity index (χ2v) is 15.1. The zero-order valence-corrected chi connectivity index (χ0v) is 30.3. The molecule has 0 N–H and O–H groups in total. The minimum absolute atomic E-state index is 0.929. The van der Waals surface area contributed by atoms with Crippen LogP contribution in [0.5, 0.6) is 0 Å². The number of furan rings is 1. The van der Waals surface area contributed by atoms with E-state index in [1.165, 1.54) is 88.4 Å². The number of aromatic nitrogens is 2. The van der Waals surface area contributed by atoms with Crippen molar-refractivity contribution in [2.75, 3.05) is 0 Å². The first-order chi connectivity index (χ1) is 27.3. The van der Waals surface area contributed by atoms with Crippen LogP contribution in [0.1, 0.15) is 30.5 Å². The number of hydrogen-bond donors (Lipinski definition) is 0. The molecular formula is C52H36N2O. The summed E-state index contributed by atoms with van der Waals surface area (Å²) in [5, 5.41) is 6.07. The van der Waals surface area contributed by atoms with Crippen LogP contribution in [0.4, 0.5) is 0 Å². The number of hydrogen-bond acceptors (Lipinski definition) is 1. The van der Waals surface area contributed by atoms with E-state index in [2.05, 4.69) is 179 Å². The first-order valence-corrected chi connectivity index (χ1v) is 19.5. The Kier molecular flexibility index (Phi) is 6.58. The van der Waals surface area contributed by atoms with Crippen LogP contribution < -0.4 is 0 Å². The van der Waals surface area contributed by atoms with Crippen LogP contribution in [0.3, 0.4) is 0 Å². The zero-order chi connectivity index (χ0) is 36.0. The Morgan fingerprint density at radius 3 is 2.04 bits per heavy atom. The van der Waals surface area contributed by atoms with Crippen LogP contribution in [-0.4, -0.2) is 9.13 Å². The Hall–Kier alpha value is -6.84. The van der Waals surface area contributed by atoms with Gasteiger partial charge in [0.05, 0.1) is 21.9 Å². The maximum Gasteiger partial charge on any atom is 0.145 e. The van der Waals surface area contributed by atoms with Crippen molar-refractivity contribution in [3.63, 3.8) is 0 Å². The number of para-hydroxylation sites is 3. The van der Waals surface area contributed by atoms with Gasteiger partial charge in [-0.1, -0.05) is 121 Å². The summed E-state index contributed by atoms with van der Waals surface area (Å²) in [6.45, 7) is 0. The number of rotatable bonds is 4. The lowest BCUT2D eigenvalue weighted by Crippen LogP contribution is -2.09. The third-order valence-corrected chi connectivity index (χ3v) is 12.1. The van der Waals surface area contributed by atoms with Crippen LogP contribution in [0.2, 0.25) is 0 Å². The first kappa shape index (κ1) is 30.6. The van der Waals surface area contributed by atoms with Gasteiger partial charge in [0.1, 0.15) is 11.2 Å². The van der Waals surface area contributed by atoms with Gasteiger partial charge in [-0.25, -0.2) is 0 Å². The average Bonchev–Trinajstić information content (AvgIpc) is 3.92. The SMILES string of the molecule is C1=CC2=C(CC1)c1c(n(-c3ccc(-c4ccccc4)cc3)c3c(-c4ccc5c6ccccc6n(-c6ccccc6)c5c4)cc4c5ccccc5oc4c13)CC2. The maximum absolute atomic E-state index is 6.96. The summed E-state index contributed by atoms with van der Waals surface area (Å²) in [5.74, 6) is 0. The molecule has 2 aliphatic carbocycles. The molecule has 3 nitrogen and oxygen atoms in total. The third kappa shape index (κ3) is 4.50. The summed E-state index contributed by atoms with van der Waals surface area (Å²) in [6.07, 6.45) is 8.85. The molecule has 10 aromatic rings. The summed E-state index contributed by atoms with van der Waals surface area (Å²) in [5.41, 5.74) is 18.4. The highest BCUT2D eigenvalue weighted by Gasteiger charge is 2.31. The topological polar surface area (TPSA) is 23.0 Å². The van der Waals surface area contributed by atoms with Crippen LogP contribution in [0, 0.1) is 0 Å². The predicted molar refractivity (Wildman–Crippen MR) is 229 cm³/mol. The van der Waals surface area contributed by atoms with Gasteiger partial charge in [-0.05, 0) is 102 Å². The third-order valence-electron chi connectivity index (χ3n) is 12.1. The molecule has 0 saturated heterocycles. The summed E-state index contributed by atoms with van der Waals surface area (Å²) in [6, 6.07) is 57.5. The lowest BCUT2D eigenvalue weighted by Gasteiger charge is -2.23. The van der Waals surface area contributed by atoms with E-state index in [0.717, 1.165) is 47.9 Å². The van der Waals surface area contributed by atoms with Crippen molar-refractivity contribution in [1.29, 1.82) is 0 Å². The molecule has 3 heterocycles. The molecule has 260 valence electrons. The fourth-order valence-corrected chi connectivity index (χ4v) is 9.69. The van der Waals surface area contributed by atoms with Gasteiger partial charge in [-0.2, -0.15) is 0 Å². The molecule has 3 aromatic heterocycles. The number of nitrogens with zero attached hydrogens (tertiary/aromatic N) is 2. The number of fused-ring (bicyclic) bond motifs is 11. The molecule has 0 atom stereocenters. The molecule has 0 bridgehead atoms. The van der Waals surface area contributed by atoms with E-state index in [-0.39, 0.29) is 0 Å². The zero-order valence-electron chi connectivity index (χ0n) is 30.3. The van der Waals surface area contributed by atoms with Crippen molar-refractivity contribution < 1.29 is 4.42 Å². The van der Waals surface area contributed by atoms with E-state index in [9.17, 15) is 0 Å². The van der Waals surface area contributed by atoms with Gasteiger partial charge in [0.15, 0.2) is 0 Å². The van der Waals surface area contributed by atoms with Gasteiger partial charge in [-0.3, -0.25) is 0 Å². The lowest BCUT2D eigenvalue weighted by molar-refractivity contribution is 0.672. The summed E-state index contributed by atoms with van der Waals surface area (Å²) in [4.78, 5) is 0. The molecular weight excluding hydrogens is 669 g/mol. The molecule has 3 heteroatoms. The van der Waals surface area contributed by atoms with Crippen molar-refractivity contribution in [2.24, 2.45) is 0 Å². The molecule has 0 spiro atoms. The minimum atomic E-state index is 0.929. The van der Waals surface area contributed by atoms with E-state index in [1.54, 1.807) is 0 Å². The molecule has 0 radical (unpaired) electrons. The highest BCUT2D eigenvalue weighted by molar-refractivity contribution is 6.23. The first-order valence-electron chi connectivity index (χ1n) is 19.5. The van der Waals surface area contributed by atoms with E-state index in [0.29, 0.717) is 0 Å². The fraction of sp³-hybridized carbons (Fsp3) is 0.0769. The second kappa shape index (κ2) is 11.8. The van der Waals surface area contributed by atoms with Crippen LogP contribution >= 0.6 is 0 Å². The van der Waals surface area contributed by atoms with Gasteiger partial charge in [0.25, 0.3) is 0 Å². The molecule has 0 saturated carbocycles. The monoisotopic (exact) mass is 704 g/mol. The van der Waals surface area contributed by atoms with Crippen molar-refractivity contribution in [1.82, 2.24) is 9.13 Å². The molecule has 0 unspecified atom stereocenters. The second-order valence-electron chi connectivity index (χ2n) is 15.1. The van der Waals surface area contributed by atoms with E-state index >= 15 is 0 Å². The molecule has 7 aromatic carbocycles. The van der Waals surface area contributed by atoms with Gasteiger partial charge < -0.3 is 13.6 Å². The number of allylic oxidation sites excluding steroid dienone is 4. The molecule has 0 fully saturated rings. The smallest absolute Gasteiger partial charge is 0.145 e. The average molecular weight is 705 g/mol. The van der Waals surface area contributed by atoms with E-state index < -0.39 is 0 Å². The van der Waals surface area contributed by atoms with E-state index in [4.69, 9.17) is 4.42 Å². The summed E-state index contributed by atoms with van der Waals surface area (Å²) in [7, 11) is 0. The molecule has 12 rings (SSSR count). The molecule has 55 heavy (non-hydrogen) atoms. The molecule has 0 aliphatic heterocycles. The normalized spacial score (nSPS) is 14.1. The Balaban J connectivity index is 1.22. The highest BCUT2D eigenvalue weighted by atomic mass is 16.3. The van der Waals surface area contributed by atoms with Gasteiger partial charge in [-0.15, -0.1) is 0 Å². The quantitative estimate of drug-likeness (QED) is 0.179.